The van der Waals surface area contributed by atoms with E-state index in [4.69, 9.17) is 0 Å². The standard InChI is InChI=1S/C16H17BrO/c1-8-6-12-13(16(8)18)7-11-9-2-4-10(5-3-9)14(11)15(12)17/h7-10H,2-6H2,1H3. The summed E-state index contributed by atoms with van der Waals surface area (Å²) in [6.45, 7) is 2.06. The molecule has 1 fully saturated rings. The van der Waals surface area contributed by atoms with E-state index in [9.17, 15) is 4.79 Å². The predicted molar refractivity (Wildman–Crippen MR) is 75.3 cm³/mol. The maximum absolute atomic E-state index is 12.2. The fourth-order valence-electron chi connectivity index (χ4n) is 4.26. The van der Waals surface area contributed by atoms with Gasteiger partial charge in [0.05, 0.1) is 0 Å². The number of hydrogen-bond donors (Lipinski definition) is 0. The first kappa shape index (κ1) is 11.2. The van der Waals surface area contributed by atoms with Crippen LogP contribution in [0.3, 0.4) is 0 Å². The Morgan fingerprint density at radius 3 is 2.56 bits per heavy atom. The highest BCUT2D eigenvalue weighted by atomic mass is 79.9. The van der Waals surface area contributed by atoms with Crippen LogP contribution in [0.1, 0.15) is 71.5 Å². The highest BCUT2D eigenvalue weighted by Crippen LogP contribution is 2.53. The SMILES string of the molecule is CC1Cc2c(cc3c(c2Br)C2CCC3CC2)C1=O. The van der Waals surface area contributed by atoms with E-state index in [-0.39, 0.29) is 5.92 Å². The van der Waals surface area contributed by atoms with Gasteiger partial charge in [0.2, 0.25) is 0 Å². The quantitative estimate of drug-likeness (QED) is 0.686. The van der Waals surface area contributed by atoms with Gasteiger partial charge < -0.3 is 0 Å². The van der Waals surface area contributed by atoms with Crippen molar-refractivity contribution >= 4 is 21.7 Å². The molecule has 1 saturated carbocycles. The molecule has 1 aromatic rings. The van der Waals surface area contributed by atoms with Crippen molar-refractivity contribution < 1.29 is 4.79 Å². The first-order chi connectivity index (χ1) is 8.66. The van der Waals surface area contributed by atoms with Crippen molar-refractivity contribution in [1.82, 2.24) is 0 Å². The number of halogens is 1. The molecule has 0 N–H and O–H groups in total. The van der Waals surface area contributed by atoms with Crippen molar-refractivity contribution in [3.05, 3.63) is 32.8 Å². The number of Topliss-reactive ketones (excluding diaryl/α,β-unsaturated/α-hetero) is 1. The van der Waals surface area contributed by atoms with E-state index >= 15 is 0 Å². The summed E-state index contributed by atoms with van der Waals surface area (Å²) in [6.07, 6.45) is 6.27. The molecule has 1 unspecified atom stereocenters. The van der Waals surface area contributed by atoms with Crippen LogP contribution >= 0.6 is 15.9 Å². The van der Waals surface area contributed by atoms with Crippen LogP contribution in [0.4, 0.5) is 0 Å². The molecule has 18 heavy (non-hydrogen) atoms. The summed E-state index contributed by atoms with van der Waals surface area (Å²) in [7, 11) is 0. The number of ketones is 1. The van der Waals surface area contributed by atoms with Gasteiger partial charge in [0.15, 0.2) is 5.78 Å². The summed E-state index contributed by atoms with van der Waals surface area (Å²) < 4.78 is 1.28. The van der Waals surface area contributed by atoms with Gasteiger partial charge in [-0.3, -0.25) is 4.79 Å². The van der Waals surface area contributed by atoms with Crippen LogP contribution in [-0.2, 0) is 6.42 Å². The number of benzene rings is 1. The van der Waals surface area contributed by atoms with Crippen LogP contribution in [0.2, 0.25) is 0 Å². The molecule has 4 aliphatic rings. The Labute approximate surface area is 116 Å². The molecule has 5 rings (SSSR count). The third-order valence-electron chi connectivity index (χ3n) is 5.24. The van der Waals surface area contributed by atoms with Gasteiger partial charge in [0, 0.05) is 16.0 Å². The smallest absolute Gasteiger partial charge is 0.166 e. The minimum Gasteiger partial charge on any atom is -0.294 e. The van der Waals surface area contributed by atoms with Gasteiger partial charge >= 0.3 is 0 Å². The fourth-order valence-corrected chi connectivity index (χ4v) is 5.19. The highest BCUT2D eigenvalue weighted by molar-refractivity contribution is 9.10. The molecule has 4 aliphatic carbocycles. The summed E-state index contributed by atoms with van der Waals surface area (Å²) in [5, 5.41) is 0. The van der Waals surface area contributed by atoms with Crippen molar-refractivity contribution in [3.8, 4) is 0 Å². The van der Waals surface area contributed by atoms with E-state index in [1.807, 2.05) is 0 Å². The summed E-state index contributed by atoms with van der Waals surface area (Å²) >= 11 is 3.82. The van der Waals surface area contributed by atoms with Crippen molar-refractivity contribution in [3.63, 3.8) is 0 Å². The fraction of sp³-hybridized carbons (Fsp3) is 0.562. The van der Waals surface area contributed by atoms with Crippen molar-refractivity contribution in [2.75, 3.05) is 0 Å². The minimum atomic E-state index is 0.179. The topological polar surface area (TPSA) is 17.1 Å². The number of rotatable bonds is 0. The van der Waals surface area contributed by atoms with E-state index in [1.54, 1.807) is 5.56 Å². The second-order valence-electron chi connectivity index (χ2n) is 6.24. The molecule has 0 aliphatic heterocycles. The average molecular weight is 305 g/mol. The molecule has 0 amide bonds. The molecule has 0 heterocycles. The Hall–Kier alpha value is -0.630. The van der Waals surface area contributed by atoms with Crippen molar-refractivity contribution in [2.45, 2.75) is 50.9 Å². The van der Waals surface area contributed by atoms with Crippen molar-refractivity contribution in [2.24, 2.45) is 5.92 Å². The molecule has 0 spiro atoms. The Balaban J connectivity index is 1.98. The van der Waals surface area contributed by atoms with Gasteiger partial charge in [-0.05, 0) is 66.7 Å². The lowest BCUT2D eigenvalue weighted by atomic mass is 9.66. The molecule has 0 aromatic heterocycles. The van der Waals surface area contributed by atoms with Crippen molar-refractivity contribution in [1.29, 1.82) is 0 Å². The summed E-state index contributed by atoms with van der Waals surface area (Å²) in [6, 6.07) is 2.25. The van der Waals surface area contributed by atoms with E-state index in [0.717, 1.165) is 23.8 Å². The van der Waals surface area contributed by atoms with E-state index in [1.165, 1.54) is 41.3 Å². The lowest BCUT2D eigenvalue weighted by Crippen LogP contribution is -2.23. The third-order valence-corrected chi connectivity index (χ3v) is 6.14. The zero-order valence-corrected chi connectivity index (χ0v) is 12.2. The lowest BCUT2D eigenvalue weighted by Gasteiger charge is -2.39. The van der Waals surface area contributed by atoms with Gasteiger partial charge in [-0.1, -0.05) is 22.9 Å². The summed E-state index contributed by atoms with van der Waals surface area (Å²) in [4.78, 5) is 12.2. The number of carbonyl (C=O) groups is 1. The Morgan fingerprint density at radius 1 is 1.17 bits per heavy atom. The Bertz CT molecular complexity index is 553. The van der Waals surface area contributed by atoms with Gasteiger partial charge in [0.25, 0.3) is 0 Å². The lowest BCUT2D eigenvalue weighted by molar-refractivity contribution is 0.0946. The first-order valence-electron chi connectivity index (χ1n) is 7.06. The van der Waals surface area contributed by atoms with Crippen LogP contribution in [-0.4, -0.2) is 5.78 Å². The average Bonchev–Trinajstić information content (AvgIpc) is 2.68. The van der Waals surface area contributed by atoms with Gasteiger partial charge in [0.1, 0.15) is 0 Å². The van der Waals surface area contributed by atoms with Crippen LogP contribution in [0.25, 0.3) is 0 Å². The maximum Gasteiger partial charge on any atom is 0.166 e. The molecule has 2 bridgehead atoms. The van der Waals surface area contributed by atoms with Gasteiger partial charge in [-0.15, -0.1) is 0 Å². The molecular weight excluding hydrogens is 288 g/mol. The van der Waals surface area contributed by atoms with E-state index < -0.39 is 0 Å². The molecule has 94 valence electrons. The second kappa shape index (κ2) is 3.69. The number of carbonyl (C=O) groups excluding carboxylic acids is 1. The molecular formula is C16H17BrO. The normalized spacial score (nSPS) is 32.6. The second-order valence-corrected chi connectivity index (χ2v) is 7.03. The summed E-state index contributed by atoms with van der Waals surface area (Å²) in [5.41, 5.74) is 5.35. The first-order valence-corrected chi connectivity index (χ1v) is 7.85. The Morgan fingerprint density at radius 2 is 1.83 bits per heavy atom. The monoisotopic (exact) mass is 304 g/mol. The predicted octanol–water partition coefficient (Wildman–Crippen LogP) is 4.58. The molecule has 1 aromatic carbocycles. The highest BCUT2D eigenvalue weighted by Gasteiger charge is 2.38. The molecule has 1 nitrogen and oxygen atoms in total. The zero-order valence-electron chi connectivity index (χ0n) is 10.6. The molecule has 0 saturated heterocycles. The van der Waals surface area contributed by atoms with E-state index in [0.29, 0.717) is 5.78 Å². The third kappa shape index (κ3) is 1.30. The zero-order chi connectivity index (χ0) is 12.4. The van der Waals surface area contributed by atoms with E-state index in [2.05, 4.69) is 28.9 Å². The number of fused-ring (bicyclic) bond motifs is 3. The van der Waals surface area contributed by atoms with Crippen LogP contribution in [0.5, 0.6) is 0 Å². The van der Waals surface area contributed by atoms with Gasteiger partial charge in [-0.2, -0.15) is 0 Å². The molecule has 0 radical (unpaired) electrons. The summed E-state index contributed by atoms with van der Waals surface area (Å²) in [5.74, 6) is 2.00. The van der Waals surface area contributed by atoms with Gasteiger partial charge in [-0.25, -0.2) is 0 Å². The Kier molecular flexibility index (Phi) is 2.30. The van der Waals surface area contributed by atoms with Crippen LogP contribution in [0, 0.1) is 5.92 Å². The molecule has 1 atom stereocenters. The largest absolute Gasteiger partial charge is 0.294 e. The minimum absolute atomic E-state index is 0.179. The maximum atomic E-state index is 12.2. The van der Waals surface area contributed by atoms with Crippen LogP contribution < -0.4 is 0 Å². The van der Waals surface area contributed by atoms with Crippen LogP contribution in [0.15, 0.2) is 10.5 Å². The number of hydrogen-bond acceptors (Lipinski definition) is 1. The molecule has 2 heteroatoms.